The van der Waals surface area contributed by atoms with Crippen LogP contribution in [0, 0.1) is 11.8 Å². The van der Waals surface area contributed by atoms with Crippen molar-refractivity contribution in [1.82, 2.24) is 9.80 Å². The molecule has 0 radical (unpaired) electrons. The van der Waals surface area contributed by atoms with E-state index in [1.165, 1.54) is 12.1 Å². The fraction of sp³-hybridized carbons (Fsp3) is 0.536. The Kier molecular flexibility index (Phi) is 8.13. The lowest BCUT2D eigenvalue weighted by molar-refractivity contribution is -0.137. The summed E-state index contributed by atoms with van der Waals surface area (Å²) in [6, 6.07) is 13.7. The van der Waals surface area contributed by atoms with E-state index in [9.17, 15) is 18.0 Å². The summed E-state index contributed by atoms with van der Waals surface area (Å²) in [5, 5.41) is 0. The molecule has 5 nitrogen and oxygen atoms in total. The van der Waals surface area contributed by atoms with Crippen molar-refractivity contribution in [2.75, 3.05) is 57.8 Å². The zero-order valence-corrected chi connectivity index (χ0v) is 21.3. The van der Waals surface area contributed by atoms with Gasteiger partial charge in [0.1, 0.15) is 5.75 Å². The number of halogens is 3. The topological polar surface area (TPSA) is 36.0 Å². The number of anilines is 1. The van der Waals surface area contributed by atoms with Crippen LogP contribution in [0.15, 0.2) is 48.5 Å². The molecule has 4 rings (SSSR count). The van der Waals surface area contributed by atoms with Gasteiger partial charge in [-0.1, -0.05) is 38.1 Å². The smallest absolute Gasteiger partial charge is 0.416 e. The first kappa shape index (κ1) is 26.3. The molecular formula is C28H36F3N3O2. The summed E-state index contributed by atoms with van der Waals surface area (Å²) in [5.41, 5.74) is 1.17. The monoisotopic (exact) mass is 503 g/mol. The Balaban J connectivity index is 1.46. The molecule has 2 heterocycles. The Labute approximate surface area is 211 Å². The molecule has 2 atom stereocenters. The van der Waals surface area contributed by atoms with Gasteiger partial charge in [0.15, 0.2) is 0 Å². The molecule has 2 aromatic rings. The summed E-state index contributed by atoms with van der Waals surface area (Å²) in [6.45, 7) is 9.30. The first-order chi connectivity index (χ1) is 17.1. The lowest BCUT2D eigenvalue weighted by Crippen LogP contribution is -2.48. The van der Waals surface area contributed by atoms with Gasteiger partial charge in [-0.3, -0.25) is 9.69 Å². The predicted octanol–water partition coefficient (Wildman–Crippen LogP) is 5.12. The molecule has 2 unspecified atom stereocenters. The average Bonchev–Trinajstić information content (AvgIpc) is 3.28. The molecule has 0 bridgehead atoms. The molecule has 0 aromatic heterocycles. The Bertz CT molecular complexity index is 1030. The molecule has 2 aliphatic rings. The van der Waals surface area contributed by atoms with E-state index < -0.39 is 11.7 Å². The molecule has 1 amide bonds. The second-order valence-corrected chi connectivity index (χ2v) is 10.4. The number of alkyl halides is 3. The van der Waals surface area contributed by atoms with Crippen molar-refractivity contribution < 1.29 is 22.7 Å². The number of amides is 1. The standard InChI is InChI=1S/C28H36F3N3O2/c1-20(2)14-27(35)34-18-22(26(19-34)21-6-4-7-23(15-21)28(29,30)31)17-32-10-12-33(13-11-32)24-8-5-9-25(16-24)36-3/h4-9,15-16,20,22,26H,10-14,17-19H2,1-3H3. The summed E-state index contributed by atoms with van der Waals surface area (Å²) >= 11 is 0. The summed E-state index contributed by atoms with van der Waals surface area (Å²) < 4.78 is 45.6. The highest BCUT2D eigenvalue weighted by Gasteiger charge is 2.39. The highest BCUT2D eigenvalue weighted by atomic mass is 19.4. The van der Waals surface area contributed by atoms with Crippen LogP contribution in [-0.2, 0) is 11.0 Å². The van der Waals surface area contributed by atoms with E-state index in [-0.39, 0.29) is 23.7 Å². The predicted molar refractivity (Wildman–Crippen MR) is 135 cm³/mol. The maximum absolute atomic E-state index is 13.4. The molecule has 0 saturated carbocycles. The van der Waals surface area contributed by atoms with E-state index in [4.69, 9.17) is 4.74 Å². The minimum atomic E-state index is -4.38. The normalized spacial score (nSPS) is 21.3. The van der Waals surface area contributed by atoms with Crippen LogP contribution in [-0.4, -0.2) is 68.6 Å². The number of carbonyl (C=O) groups excluding carboxylic acids is 1. The summed E-state index contributed by atoms with van der Waals surface area (Å²) in [6.07, 6.45) is -3.92. The Hall–Kier alpha value is -2.74. The van der Waals surface area contributed by atoms with E-state index in [1.807, 2.05) is 36.9 Å². The Morgan fingerprint density at radius 3 is 2.42 bits per heavy atom. The SMILES string of the molecule is COc1cccc(N2CCN(CC3CN(C(=O)CC(C)C)CC3c3cccc(C(F)(F)F)c3)CC2)c1. The van der Waals surface area contributed by atoms with Crippen LogP contribution in [0.4, 0.5) is 18.9 Å². The van der Waals surface area contributed by atoms with Crippen LogP contribution in [0.2, 0.25) is 0 Å². The first-order valence-corrected chi connectivity index (χ1v) is 12.7. The highest BCUT2D eigenvalue weighted by molar-refractivity contribution is 5.77. The van der Waals surface area contributed by atoms with E-state index in [0.29, 0.717) is 25.1 Å². The zero-order chi connectivity index (χ0) is 25.9. The lowest BCUT2D eigenvalue weighted by atomic mass is 9.87. The maximum atomic E-state index is 13.4. The third-order valence-electron chi connectivity index (χ3n) is 7.30. The number of hydrogen-bond donors (Lipinski definition) is 0. The van der Waals surface area contributed by atoms with E-state index in [2.05, 4.69) is 15.9 Å². The molecule has 2 saturated heterocycles. The highest BCUT2D eigenvalue weighted by Crippen LogP contribution is 2.37. The van der Waals surface area contributed by atoms with Gasteiger partial charge in [0, 0.05) is 69.9 Å². The molecule has 196 valence electrons. The van der Waals surface area contributed by atoms with Crippen LogP contribution in [0.5, 0.6) is 5.75 Å². The summed E-state index contributed by atoms with van der Waals surface area (Å²) in [5.74, 6) is 1.14. The number of carbonyl (C=O) groups is 1. The van der Waals surface area contributed by atoms with Gasteiger partial charge in [0.2, 0.25) is 5.91 Å². The number of hydrogen-bond acceptors (Lipinski definition) is 4. The van der Waals surface area contributed by atoms with Crippen LogP contribution in [0.3, 0.4) is 0 Å². The minimum absolute atomic E-state index is 0.0901. The van der Waals surface area contributed by atoms with E-state index in [1.54, 1.807) is 13.2 Å². The van der Waals surface area contributed by atoms with E-state index in [0.717, 1.165) is 50.2 Å². The van der Waals surface area contributed by atoms with Gasteiger partial charge < -0.3 is 14.5 Å². The Morgan fingerprint density at radius 2 is 1.75 bits per heavy atom. The summed E-state index contributed by atoms with van der Waals surface area (Å²) in [4.78, 5) is 19.4. The summed E-state index contributed by atoms with van der Waals surface area (Å²) in [7, 11) is 1.66. The van der Waals surface area contributed by atoms with Gasteiger partial charge in [0.25, 0.3) is 0 Å². The molecular weight excluding hydrogens is 467 g/mol. The van der Waals surface area contributed by atoms with Gasteiger partial charge in [0.05, 0.1) is 12.7 Å². The average molecular weight is 504 g/mol. The van der Waals surface area contributed by atoms with E-state index >= 15 is 0 Å². The van der Waals surface area contributed by atoms with Crippen LogP contribution in [0.25, 0.3) is 0 Å². The molecule has 0 aliphatic carbocycles. The van der Waals surface area contributed by atoms with Crippen molar-refractivity contribution in [2.24, 2.45) is 11.8 Å². The van der Waals surface area contributed by atoms with Gasteiger partial charge in [-0.15, -0.1) is 0 Å². The van der Waals surface area contributed by atoms with Crippen molar-refractivity contribution in [3.63, 3.8) is 0 Å². The van der Waals surface area contributed by atoms with Gasteiger partial charge >= 0.3 is 6.18 Å². The largest absolute Gasteiger partial charge is 0.497 e. The molecule has 2 fully saturated rings. The van der Waals surface area contributed by atoms with Crippen molar-refractivity contribution in [3.05, 3.63) is 59.7 Å². The molecule has 0 spiro atoms. The number of rotatable bonds is 7. The van der Waals surface area contributed by atoms with Crippen molar-refractivity contribution in [2.45, 2.75) is 32.4 Å². The molecule has 2 aliphatic heterocycles. The fourth-order valence-electron chi connectivity index (χ4n) is 5.39. The molecule has 0 N–H and O–H groups in total. The third-order valence-corrected chi connectivity index (χ3v) is 7.30. The molecule has 8 heteroatoms. The van der Waals surface area contributed by atoms with Gasteiger partial charge in [-0.2, -0.15) is 13.2 Å². The van der Waals surface area contributed by atoms with Crippen molar-refractivity contribution >= 4 is 11.6 Å². The van der Waals surface area contributed by atoms with Crippen molar-refractivity contribution in [3.8, 4) is 5.75 Å². The quantitative estimate of drug-likeness (QED) is 0.525. The Morgan fingerprint density at radius 1 is 1.03 bits per heavy atom. The zero-order valence-electron chi connectivity index (χ0n) is 21.3. The first-order valence-electron chi connectivity index (χ1n) is 12.7. The number of nitrogens with zero attached hydrogens (tertiary/aromatic N) is 3. The van der Waals surface area contributed by atoms with Gasteiger partial charge in [-0.25, -0.2) is 0 Å². The van der Waals surface area contributed by atoms with Crippen LogP contribution in [0.1, 0.15) is 37.3 Å². The molecule has 36 heavy (non-hydrogen) atoms. The number of benzene rings is 2. The number of ether oxygens (including phenoxy) is 1. The third kappa shape index (κ3) is 6.33. The number of piperazine rings is 1. The fourth-order valence-corrected chi connectivity index (χ4v) is 5.39. The lowest BCUT2D eigenvalue weighted by Gasteiger charge is -2.38. The number of likely N-dealkylation sites (tertiary alicyclic amines) is 1. The van der Waals surface area contributed by atoms with Crippen molar-refractivity contribution in [1.29, 1.82) is 0 Å². The number of methoxy groups -OCH3 is 1. The maximum Gasteiger partial charge on any atom is 0.416 e. The molecule has 2 aromatic carbocycles. The minimum Gasteiger partial charge on any atom is -0.497 e. The van der Waals surface area contributed by atoms with Gasteiger partial charge in [-0.05, 0) is 35.6 Å². The van der Waals surface area contributed by atoms with Crippen LogP contribution < -0.4 is 9.64 Å². The second-order valence-electron chi connectivity index (χ2n) is 10.4. The van der Waals surface area contributed by atoms with Crippen LogP contribution >= 0.6 is 0 Å². The second kappa shape index (κ2) is 11.1.